The molecule has 1 heterocycles. The van der Waals surface area contributed by atoms with Gasteiger partial charge in [-0.2, -0.15) is 5.10 Å². The summed E-state index contributed by atoms with van der Waals surface area (Å²) in [6.45, 7) is 2.10. The molecule has 0 N–H and O–H groups in total. The van der Waals surface area contributed by atoms with E-state index in [2.05, 4.69) is 67.6 Å². The Balaban J connectivity index is 1.99. The largest absolute Gasteiger partial charge is 0.232 e. The van der Waals surface area contributed by atoms with Crippen molar-refractivity contribution in [1.82, 2.24) is 9.78 Å². The van der Waals surface area contributed by atoms with Gasteiger partial charge in [0, 0.05) is 10.9 Å². The number of para-hydroxylation sites is 2. The van der Waals surface area contributed by atoms with Crippen molar-refractivity contribution in [1.29, 1.82) is 0 Å². The van der Waals surface area contributed by atoms with E-state index >= 15 is 0 Å². The van der Waals surface area contributed by atoms with E-state index in [1.165, 1.54) is 10.9 Å². The number of aryl methyl sites for hydroxylation is 1. The van der Waals surface area contributed by atoms with Crippen molar-refractivity contribution in [3.8, 4) is 16.9 Å². The normalized spacial score (nSPS) is 11.0. The Morgan fingerprint density at radius 2 is 1.41 bits per heavy atom. The lowest BCUT2D eigenvalue weighted by molar-refractivity contribution is 0.915. The maximum absolute atomic E-state index is 4.88. The molecule has 0 aliphatic rings. The van der Waals surface area contributed by atoms with Crippen molar-refractivity contribution in [3.05, 3.63) is 84.4 Å². The monoisotopic (exact) mass is 284 g/mol. The highest BCUT2D eigenvalue weighted by molar-refractivity contribution is 5.94. The summed E-state index contributed by atoms with van der Waals surface area (Å²) in [6.07, 6.45) is 0. The lowest BCUT2D eigenvalue weighted by Gasteiger charge is -2.02. The third-order valence-corrected chi connectivity index (χ3v) is 3.91. The third kappa shape index (κ3) is 2.09. The van der Waals surface area contributed by atoms with E-state index in [1.54, 1.807) is 0 Å². The van der Waals surface area contributed by atoms with Gasteiger partial charge in [0.25, 0.3) is 0 Å². The van der Waals surface area contributed by atoms with Crippen molar-refractivity contribution in [2.75, 3.05) is 0 Å². The number of nitrogens with zero attached hydrogens (tertiary/aromatic N) is 2. The summed E-state index contributed by atoms with van der Waals surface area (Å²) in [5.41, 5.74) is 5.65. The fourth-order valence-corrected chi connectivity index (χ4v) is 2.76. The number of benzene rings is 3. The van der Waals surface area contributed by atoms with Crippen LogP contribution < -0.4 is 0 Å². The summed E-state index contributed by atoms with van der Waals surface area (Å²) in [4.78, 5) is 0. The zero-order chi connectivity index (χ0) is 14.9. The summed E-state index contributed by atoms with van der Waals surface area (Å²) < 4.78 is 2.02. The van der Waals surface area contributed by atoms with Gasteiger partial charge < -0.3 is 0 Å². The lowest BCUT2D eigenvalue weighted by atomic mass is 10.1. The van der Waals surface area contributed by atoms with Gasteiger partial charge in [0.15, 0.2) is 0 Å². The molecule has 0 atom stereocenters. The molecule has 4 rings (SSSR count). The van der Waals surface area contributed by atoms with Crippen LogP contribution in [0.25, 0.3) is 27.8 Å². The van der Waals surface area contributed by atoms with Crippen molar-refractivity contribution >= 4 is 10.9 Å². The van der Waals surface area contributed by atoms with Gasteiger partial charge in [0.2, 0.25) is 0 Å². The van der Waals surface area contributed by atoms with E-state index < -0.39 is 0 Å². The Morgan fingerprint density at radius 3 is 2.18 bits per heavy atom. The smallest absolute Gasteiger partial charge is 0.101 e. The molecule has 0 aliphatic carbocycles. The molecule has 3 aromatic carbocycles. The average molecular weight is 284 g/mol. The van der Waals surface area contributed by atoms with Crippen LogP contribution in [0.4, 0.5) is 0 Å². The number of hydrogen-bond donors (Lipinski definition) is 0. The topological polar surface area (TPSA) is 17.8 Å². The first kappa shape index (κ1) is 12.8. The highest BCUT2D eigenvalue weighted by Gasteiger charge is 2.12. The Kier molecular flexibility index (Phi) is 3.01. The summed E-state index contributed by atoms with van der Waals surface area (Å²) in [7, 11) is 0. The first-order chi connectivity index (χ1) is 10.8. The summed E-state index contributed by atoms with van der Waals surface area (Å²) >= 11 is 0. The van der Waals surface area contributed by atoms with Crippen LogP contribution in [0.5, 0.6) is 0 Å². The highest BCUT2D eigenvalue weighted by Crippen LogP contribution is 2.29. The van der Waals surface area contributed by atoms with Gasteiger partial charge in [0.05, 0.1) is 11.2 Å². The first-order valence-corrected chi connectivity index (χ1v) is 7.43. The summed E-state index contributed by atoms with van der Waals surface area (Å²) in [6, 6.07) is 27.2. The molecule has 2 heteroatoms. The van der Waals surface area contributed by atoms with Gasteiger partial charge in [-0.1, -0.05) is 66.2 Å². The minimum absolute atomic E-state index is 1.03. The molecule has 0 spiro atoms. The number of aromatic nitrogens is 2. The minimum Gasteiger partial charge on any atom is -0.232 e. The van der Waals surface area contributed by atoms with Crippen molar-refractivity contribution < 1.29 is 0 Å². The van der Waals surface area contributed by atoms with E-state index in [0.29, 0.717) is 0 Å². The van der Waals surface area contributed by atoms with Crippen LogP contribution in [-0.4, -0.2) is 9.78 Å². The van der Waals surface area contributed by atoms with Crippen molar-refractivity contribution in [2.24, 2.45) is 0 Å². The molecular weight excluding hydrogens is 268 g/mol. The molecule has 0 saturated carbocycles. The van der Waals surface area contributed by atoms with Gasteiger partial charge in [0.1, 0.15) is 5.69 Å². The Labute approximate surface area is 129 Å². The fraction of sp³-hybridized carbons (Fsp3) is 0.0500. The molecule has 0 fully saturated rings. The molecule has 106 valence electrons. The number of fused-ring (bicyclic) bond motifs is 1. The predicted molar refractivity (Wildman–Crippen MR) is 91.2 cm³/mol. The standard InChI is InChI=1S/C20H16N2/c1-15-11-13-16(14-12-15)20-18-9-5-6-10-19(18)22(21-20)17-7-3-2-4-8-17/h2-14H,1H3. The fourth-order valence-electron chi connectivity index (χ4n) is 2.76. The third-order valence-electron chi connectivity index (χ3n) is 3.91. The van der Waals surface area contributed by atoms with Crippen molar-refractivity contribution in [2.45, 2.75) is 6.92 Å². The summed E-state index contributed by atoms with van der Waals surface area (Å²) in [5, 5.41) is 6.05. The molecule has 2 nitrogen and oxygen atoms in total. The molecule has 0 aliphatic heterocycles. The molecular formula is C20H16N2. The van der Waals surface area contributed by atoms with Gasteiger partial charge in [-0.25, -0.2) is 4.68 Å². The Hall–Kier alpha value is -2.87. The average Bonchev–Trinajstić information content (AvgIpc) is 2.96. The quantitative estimate of drug-likeness (QED) is 0.506. The zero-order valence-electron chi connectivity index (χ0n) is 12.4. The SMILES string of the molecule is Cc1ccc(-c2nn(-c3ccccc3)c3ccccc23)cc1. The molecule has 0 saturated heterocycles. The van der Waals surface area contributed by atoms with Crippen LogP contribution in [0, 0.1) is 6.92 Å². The second-order valence-electron chi connectivity index (χ2n) is 5.48. The zero-order valence-corrected chi connectivity index (χ0v) is 12.4. The molecule has 4 aromatic rings. The molecule has 22 heavy (non-hydrogen) atoms. The number of hydrogen-bond acceptors (Lipinski definition) is 1. The van der Waals surface area contributed by atoms with Crippen LogP contribution in [0.2, 0.25) is 0 Å². The molecule has 1 aromatic heterocycles. The molecule has 0 amide bonds. The predicted octanol–water partition coefficient (Wildman–Crippen LogP) is 5.00. The minimum atomic E-state index is 1.03. The van der Waals surface area contributed by atoms with Gasteiger partial charge >= 0.3 is 0 Å². The van der Waals surface area contributed by atoms with Crippen LogP contribution in [0.3, 0.4) is 0 Å². The van der Waals surface area contributed by atoms with Crippen molar-refractivity contribution in [3.63, 3.8) is 0 Å². The molecule has 0 unspecified atom stereocenters. The van der Waals surface area contributed by atoms with Crippen LogP contribution in [-0.2, 0) is 0 Å². The van der Waals surface area contributed by atoms with E-state index in [1.807, 2.05) is 22.9 Å². The second kappa shape index (κ2) is 5.15. The van der Waals surface area contributed by atoms with E-state index in [0.717, 1.165) is 22.5 Å². The maximum atomic E-state index is 4.88. The van der Waals surface area contributed by atoms with Crippen LogP contribution in [0.1, 0.15) is 5.56 Å². The Bertz CT molecular complexity index is 919. The highest BCUT2D eigenvalue weighted by atomic mass is 15.3. The first-order valence-electron chi connectivity index (χ1n) is 7.43. The maximum Gasteiger partial charge on any atom is 0.101 e. The van der Waals surface area contributed by atoms with Crippen LogP contribution >= 0.6 is 0 Å². The summed E-state index contributed by atoms with van der Waals surface area (Å²) in [5.74, 6) is 0. The van der Waals surface area contributed by atoms with Crippen LogP contribution in [0.15, 0.2) is 78.9 Å². The lowest BCUT2D eigenvalue weighted by Crippen LogP contribution is -1.95. The number of rotatable bonds is 2. The van der Waals surface area contributed by atoms with E-state index in [9.17, 15) is 0 Å². The van der Waals surface area contributed by atoms with E-state index in [-0.39, 0.29) is 0 Å². The Morgan fingerprint density at radius 1 is 0.727 bits per heavy atom. The van der Waals surface area contributed by atoms with E-state index in [4.69, 9.17) is 5.10 Å². The van der Waals surface area contributed by atoms with Gasteiger partial charge in [-0.15, -0.1) is 0 Å². The second-order valence-corrected chi connectivity index (χ2v) is 5.48. The van der Waals surface area contributed by atoms with Gasteiger partial charge in [-0.3, -0.25) is 0 Å². The molecule has 0 radical (unpaired) electrons. The molecule has 0 bridgehead atoms. The van der Waals surface area contributed by atoms with Gasteiger partial charge in [-0.05, 0) is 25.1 Å².